The fraction of sp³-hybridized carbons (Fsp3) is 0.273. The average molecular weight is 205 g/mol. The lowest BCUT2D eigenvalue weighted by molar-refractivity contribution is 0.0599. The van der Waals surface area contributed by atoms with Crippen LogP contribution in [0.5, 0.6) is 0 Å². The molecule has 1 aromatic heterocycles. The Morgan fingerprint density at radius 2 is 2.27 bits per heavy atom. The SMILES string of the molecule is COC(=O)c1cncc2c1C=CC2(C)O. The van der Waals surface area contributed by atoms with Crippen molar-refractivity contribution in [2.24, 2.45) is 0 Å². The molecule has 78 valence electrons. The first-order chi connectivity index (χ1) is 7.06. The van der Waals surface area contributed by atoms with Crippen molar-refractivity contribution in [2.75, 3.05) is 7.11 Å². The first-order valence-corrected chi connectivity index (χ1v) is 4.54. The van der Waals surface area contributed by atoms with Crippen molar-refractivity contribution in [3.63, 3.8) is 0 Å². The van der Waals surface area contributed by atoms with Gasteiger partial charge in [0.15, 0.2) is 0 Å². The van der Waals surface area contributed by atoms with Crippen LogP contribution in [0.15, 0.2) is 18.5 Å². The second-order valence-electron chi connectivity index (χ2n) is 3.62. The summed E-state index contributed by atoms with van der Waals surface area (Å²) in [6.45, 7) is 1.65. The van der Waals surface area contributed by atoms with Crippen LogP contribution >= 0.6 is 0 Å². The maximum Gasteiger partial charge on any atom is 0.340 e. The Morgan fingerprint density at radius 3 is 2.93 bits per heavy atom. The van der Waals surface area contributed by atoms with Crippen LogP contribution in [0.1, 0.15) is 28.4 Å². The van der Waals surface area contributed by atoms with E-state index in [9.17, 15) is 9.90 Å². The van der Waals surface area contributed by atoms with Gasteiger partial charge in [0.05, 0.1) is 12.7 Å². The van der Waals surface area contributed by atoms with Crippen LogP contribution in [0.3, 0.4) is 0 Å². The number of aliphatic hydroxyl groups is 1. The van der Waals surface area contributed by atoms with Crippen LogP contribution in [0.2, 0.25) is 0 Å². The minimum atomic E-state index is -1.05. The summed E-state index contributed by atoms with van der Waals surface area (Å²) in [7, 11) is 1.32. The van der Waals surface area contributed by atoms with Crippen molar-refractivity contribution in [1.29, 1.82) is 0 Å². The van der Waals surface area contributed by atoms with E-state index in [0.29, 0.717) is 16.7 Å². The van der Waals surface area contributed by atoms with Gasteiger partial charge in [0.25, 0.3) is 0 Å². The van der Waals surface area contributed by atoms with Gasteiger partial charge in [-0.1, -0.05) is 6.08 Å². The van der Waals surface area contributed by atoms with E-state index in [1.54, 1.807) is 25.3 Å². The summed E-state index contributed by atoms with van der Waals surface area (Å²) >= 11 is 0. The number of carbonyl (C=O) groups excluding carboxylic acids is 1. The number of fused-ring (bicyclic) bond motifs is 1. The van der Waals surface area contributed by atoms with Crippen molar-refractivity contribution in [3.8, 4) is 0 Å². The van der Waals surface area contributed by atoms with Crippen molar-refractivity contribution >= 4 is 12.0 Å². The molecule has 4 nitrogen and oxygen atoms in total. The van der Waals surface area contributed by atoms with Crippen molar-refractivity contribution < 1.29 is 14.6 Å². The lowest BCUT2D eigenvalue weighted by atomic mass is 9.98. The van der Waals surface area contributed by atoms with Crippen molar-refractivity contribution in [3.05, 3.63) is 35.2 Å². The Hall–Kier alpha value is -1.68. The zero-order valence-corrected chi connectivity index (χ0v) is 8.52. The van der Waals surface area contributed by atoms with Crippen molar-refractivity contribution in [1.82, 2.24) is 4.98 Å². The Bertz CT molecular complexity index is 449. The number of pyridine rings is 1. The number of hydrogen-bond donors (Lipinski definition) is 1. The van der Waals surface area contributed by atoms with Crippen LogP contribution < -0.4 is 0 Å². The maximum atomic E-state index is 11.4. The largest absolute Gasteiger partial charge is 0.465 e. The predicted molar refractivity (Wildman–Crippen MR) is 54.2 cm³/mol. The molecular formula is C11H11NO3. The van der Waals surface area contributed by atoms with E-state index < -0.39 is 11.6 Å². The fourth-order valence-corrected chi connectivity index (χ4v) is 1.66. The molecule has 1 atom stereocenters. The highest BCUT2D eigenvalue weighted by atomic mass is 16.5. The van der Waals surface area contributed by atoms with E-state index in [-0.39, 0.29) is 0 Å². The highest BCUT2D eigenvalue weighted by molar-refractivity contribution is 5.94. The van der Waals surface area contributed by atoms with Crippen LogP contribution in [0.25, 0.3) is 6.08 Å². The molecule has 0 fully saturated rings. The van der Waals surface area contributed by atoms with Gasteiger partial charge >= 0.3 is 5.97 Å². The monoisotopic (exact) mass is 205 g/mol. The standard InChI is InChI=1S/C11H11NO3/c1-11(14)4-3-7-8(10(13)15-2)5-12-6-9(7)11/h3-6,14H,1-2H3. The van der Waals surface area contributed by atoms with E-state index in [4.69, 9.17) is 0 Å². The van der Waals surface area contributed by atoms with E-state index >= 15 is 0 Å². The molecule has 1 heterocycles. The molecule has 1 aliphatic rings. The molecular weight excluding hydrogens is 194 g/mol. The summed E-state index contributed by atoms with van der Waals surface area (Å²) in [5.74, 6) is -0.443. The lowest BCUT2D eigenvalue weighted by Crippen LogP contribution is -2.17. The van der Waals surface area contributed by atoms with E-state index in [1.165, 1.54) is 13.3 Å². The molecule has 0 saturated carbocycles. The summed E-state index contributed by atoms with van der Waals surface area (Å²) in [6, 6.07) is 0. The van der Waals surface area contributed by atoms with Gasteiger partial charge in [0.2, 0.25) is 0 Å². The molecule has 0 radical (unpaired) electrons. The average Bonchev–Trinajstić information content (AvgIpc) is 2.54. The molecule has 0 saturated heterocycles. The smallest absolute Gasteiger partial charge is 0.340 e. The normalized spacial score (nSPS) is 22.6. The van der Waals surface area contributed by atoms with Crippen LogP contribution in [-0.2, 0) is 10.3 Å². The molecule has 0 spiro atoms. The molecule has 0 bridgehead atoms. The van der Waals surface area contributed by atoms with Gasteiger partial charge in [0, 0.05) is 18.0 Å². The molecule has 1 N–H and O–H groups in total. The van der Waals surface area contributed by atoms with Gasteiger partial charge in [-0.25, -0.2) is 4.79 Å². The Labute approximate surface area is 87.2 Å². The zero-order valence-electron chi connectivity index (χ0n) is 8.52. The molecule has 0 amide bonds. The first kappa shape index (κ1) is 9.86. The van der Waals surface area contributed by atoms with Gasteiger partial charge < -0.3 is 9.84 Å². The molecule has 4 heteroatoms. The lowest BCUT2D eigenvalue weighted by Gasteiger charge is -2.16. The number of ether oxygens (including phenoxy) is 1. The molecule has 1 aliphatic carbocycles. The minimum absolute atomic E-state index is 0.379. The molecule has 0 aromatic carbocycles. The molecule has 1 aromatic rings. The van der Waals surface area contributed by atoms with E-state index in [0.717, 1.165) is 0 Å². The zero-order chi connectivity index (χ0) is 11.1. The number of rotatable bonds is 1. The third-order valence-corrected chi connectivity index (χ3v) is 2.51. The first-order valence-electron chi connectivity index (χ1n) is 4.54. The fourth-order valence-electron chi connectivity index (χ4n) is 1.66. The quantitative estimate of drug-likeness (QED) is 0.697. The number of carbonyl (C=O) groups is 1. The summed E-state index contributed by atoms with van der Waals surface area (Å²) in [6.07, 6.45) is 6.34. The van der Waals surface area contributed by atoms with Gasteiger partial charge in [-0.15, -0.1) is 0 Å². The molecule has 0 aliphatic heterocycles. The summed E-state index contributed by atoms with van der Waals surface area (Å²) in [5.41, 5.74) is 0.642. The number of methoxy groups -OCH3 is 1. The number of nitrogens with zero attached hydrogens (tertiary/aromatic N) is 1. The minimum Gasteiger partial charge on any atom is -0.465 e. The summed E-state index contributed by atoms with van der Waals surface area (Å²) in [4.78, 5) is 15.3. The Kier molecular flexibility index (Phi) is 2.08. The second-order valence-corrected chi connectivity index (χ2v) is 3.62. The highest BCUT2D eigenvalue weighted by Crippen LogP contribution is 2.34. The van der Waals surface area contributed by atoms with Gasteiger partial charge in [-0.3, -0.25) is 4.98 Å². The molecule has 2 rings (SSSR count). The summed E-state index contributed by atoms with van der Waals surface area (Å²) < 4.78 is 4.64. The third-order valence-electron chi connectivity index (χ3n) is 2.51. The van der Waals surface area contributed by atoms with E-state index in [1.807, 2.05) is 0 Å². The van der Waals surface area contributed by atoms with Crippen molar-refractivity contribution in [2.45, 2.75) is 12.5 Å². The third kappa shape index (κ3) is 1.43. The van der Waals surface area contributed by atoms with Gasteiger partial charge in [-0.05, 0) is 18.6 Å². The van der Waals surface area contributed by atoms with Crippen LogP contribution in [0, 0.1) is 0 Å². The van der Waals surface area contributed by atoms with Gasteiger partial charge in [0.1, 0.15) is 5.60 Å². The highest BCUT2D eigenvalue weighted by Gasteiger charge is 2.30. The van der Waals surface area contributed by atoms with E-state index in [2.05, 4.69) is 9.72 Å². The predicted octanol–water partition coefficient (Wildman–Crippen LogP) is 1.10. The summed E-state index contributed by atoms with van der Waals surface area (Å²) in [5, 5.41) is 9.95. The molecule has 15 heavy (non-hydrogen) atoms. The van der Waals surface area contributed by atoms with Gasteiger partial charge in [-0.2, -0.15) is 0 Å². The number of aromatic nitrogens is 1. The maximum absolute atomic E-state index is 11.4. The molecule has 1 unspecified atom stereocenters. The topological polar surface area (TPSA) is 59.4 Å². The van der Waals surface area contributed by atoms with Crippen LogP contribution in [-0.4, -0.2) is 23.2 Å². The number of esters is 1. The Balaban J connectivity index is 2.59. The van der Waals surface area contributed by atoms with Crippen LogP contribution in [0.4, 0.5) is 0 Å². The second kappa shape index (κ2) is 3.17. The Morgan fingerprint density at radius 1 is 1.53 bits per heavy atom. The number of hydrogen-bond acceptors (Lipinski definition) is 4.